The number of hydrogen-bond donors (Lipinski definition) is 0. The Labute approximate surface area is 77.3 Å². The Morgan fingerprint density at radius 2 is 1.91 bits per heavy atom. The lowest BCUT2D eigenvalue weighted by Crippen LogP contribution is -2.15. The van der Waals surface area contributed by atoms with Crippen molar-refractivity contribution < 1.29 is 12.1 Å². The van der Waals surface area contributed by atoms with Gasteiger partial charge in [0.1, 0.15) is 5.66 Å². The highest BCUT2D eigenvalue weighted by Crippen LogP contribution is 2.76. The van der Waals surface area contributed by atoms with Gasteiger partial charge in [-0.15, -0.1) is 0 Å². The van der Waals surface area contributed by atoms with Crippen molar-refractivity contribution >= 4 is 26.0 Å². The first-order valence-corrected chi connectivity index (χ1v) is 9.04. The van der Waals surface area contributed by atoms with Gasteiger partial charge in [-0.1, -0.05) is 0 Å². The van der Waals surface area contributed by atoms with Crippen molar-refractivity contribution in [2.24, 2.45) is 0 Å². The molecule has 66 valence electrons. The predicted octanol–water partition coefficient (Wildman–Crippen LogP) is 2.91. The SMILES string of the molecule is CC(C)[P+]1(I=O)OCCCO1. The highest BCUT2D eigenvalue weighted by Gasteiger charge is 2.50. The smallest absolute Gasteiger partial charge is 0.218 e. The zero-order chi connectivity index (χ0) is 8.32. The maximum Gasteiger partial charge on any atom is 0.405 e. The lowest BCUT2D eigenvalue weighted by atomic mass is 10.5. The van der Waals surface area contributed by atoms with Gasteiger partial charge in [0.25, 0.3) is 0 Å². The van der Waals surface area contributed by atoms with Crippen molar-refractivity contribution in [2.75, 3.05) is 13.2 Å². The van der Waals surface area contributed by atoms with E-state index in [2.05, 4.69) is 0 Å². The second-order valence-electron chi connectivity index (χ2n) is 2.70. The topological polar surface area (TPSA) is 35.5 Å². The third-order valence-corrected chi connectivity index (χ3v) is 10.7. The molecule has 0 aromatic heterocycles. The average molecular weight is 291 g/mol. The molecule has 0 aliphatic carbocycles. The van der Waals surface area contributed by atoms with Crippen LogP contribution in [0.2, 0.25) is 0 Å². The Hall–Kier alpha value is 0.880. The van der Waals surface area contributed by atoms with E-state index in [-0.39, 0.29) is 0 Å². The Bertz CT molecular complexity index is 145. The molecule has 1 fully saturated rings. The molecule has 0 unspecified atom stereocenters. The minimum Gasteiger partial charge on any atom is -0.218 e. The summed E-state index contributed by atoms with van der Waals surface area (Å²) in [5, 5.41) is -1.89. The molecule has 11 heavy (non-hydrogen) atoms. The van der Waals surface area contributed by atoms with Crippen LogP contribution in [0.1, 0.15) is 20.3 Å². The van der Waals surface area contributed by atoms with E-state index >= 15 is 0 Å². The van der Waals surface area contributed by atoms with Gasteiger partial charge in [-0.3, -0.25) is 0 Å². The molecular weight excluding hydrogens is 278 g/mol. The van der Waals surface area contributed by atoms with Crippen LogP contribution in [-0.4, -0.2) is 18.9 Å². The molecule has 0 N–H and O–H groups in total. The van der Waals surface area contributed by atoms with Crippen molar-refractivity contribution in [2.45, 2.75) is 25.9 Å². The monoisotopic (exact) mass is 291 g/mol. The van der Waals surface area contributed by atoms with Gasteiger partial charge < -0.3 is 0 Å². The zero-order valence-corrected chi connectivity index (χ0v) is 9.80. The van der Waals surface area contributed by atoms with E-state index in [1.165, 1.54) is 0 Å². The zero-order valence-electron chi connectivity index (χ0n) is 6.75. The Balaban J connectivity index is 2.64. The van der Waals surface area contributed by atoms with Crippen molar-refractivity contribution in [3.8, 4) is 0 Å². The fraction of sp³-hybridized carbons (Fsp3) is 1.00. The first kappa shape index (κ1) is 9.96. The highest BCUT2D eigenvalue weighted by atomic mass is 127. The summed E-state index contributed by atoms with van der Waals surface area (Å²) in [4.78, 5) is 0. The molecule has 1 rings (SSSR count). The van der Waals surface area contributed by atoms with Gasteiger partial charge in [-0.05, 0) is 13.8 Å². The molecule has 0 spiro atoms. The molecule has 1 heterocycles. The molecule has 0 aromatic carbocycles. The second kappa shape index (κ2) is 4.21. The largest absolute Gasteiger partial charge is 0.405 e. The molecule has 1 aliphatic rings. The van der Waals surface area contributed by atoms with Crippen LogP contribution in [-0.2, 0) is 12.1 Å². The third kappa shape index (κ3) is 2.17. The first-order valence-electron chi connectivity index (χ1n) is 3.68. The van der Waals surface area contributed by atoms with Crippen molar-refractivity contribution in [1.29, 1.82) is 0 Å². The quantitative estimate of drug-likeness (QED) is 0.579. The minimum atomic E-state index is -1.89. The molecule has 0 amide bonds. The average Bonchev–Trinajstić information content (AvgIpc) is 2.05. The van der Waals surface area contributed by atoms with E-state index in [9.17, 15) is 3.07 Å². The van der Waals surface area contributed by atoms with E-state index in [0.29, 0.717) is 5.66 Å². The third-order valence-electron chi connectivity index (χ3n) is 1.54. The molecule has 0 saturated carbocycles. The van der Waals surface area contributed by atoms with E-state index in [1.807, 2.05) is 13.8 Å². The van der Waals surface area contributed by atoms with Gasteiger partial charge in [0.05, 0.1) is 13.2 Å². The summed E-state index contributed by atoms with van der Waals surface area (Å²) in [6.45, 7) is 5.51. The first-order chi connectivity index (χ1) is 5.21. The van der Waals surface area contributed by atoms with Gasteiger partial charge in [-0.2, -0.15) is 9.05 Å². The molecule has 1 aliphatic heterocycles. The van der Waals surface area contributed by atoms with E-state index in [1.54, 1.807) is 0 Å². The van der Waals surface area contributed by atoms with Crippen molar-refractivity contribution in [1.82, 2.24) is 0 Å². The van der Waals surface area contributed by atoms with Crippen LogP contribution in [0.4, 0.5) is 0 Å². The summed E-state index contributed by atoms with van der Waals surface area (Å²) in [7, 11) is 0. The minimum absolute atomic E-state index is 0.299. The van der Waals surface area contributed by atoms with Crippen molar-refractivity contribution in [3.05, 3.63) is 0 Å². The lowest BCUT2D eigenvalue weighted by molar-refractivity contribution is 0.175. The van der Waals surface area contributed by atoms with Gasteiger partial charge in [-0.25, -0.2) is 3.07 Å². The normalized spacial score (nSPS) is 23.9. The Morgan fingerprint density at radius 3 is 2.18 bits per heavy atom. The van der Waals surface area contributed by atoms with Gasteiger partial charge in [0.2, 0.25) is 0 Å². The summed E-state index contributed by atoms with van der Waals surface area (Å²) >= 11 is -1.12. The highest BCUT2D eigenvalue weighted by molar-refractivity contribution is 14.2. The maximum atomic E-state index is 11.0. The molecule has 0 radical (unpaired) electrons. The maximum absolute atomic E-state index is 11.0. The van der Waals surface area contributed by atoms with Crippen LogP contribution in [0.25, 0.3) is 0 Å². The number of rotatable bonds is 2. The summed E-state index contributed by atoms with van der Waals surface area (Å²) in [5.41, 5.74) is 0.299. The summed E-state index contributed by atoms with van der Waals surface area (Å²) in [5.74, 6) is 0. The molecule has 1 saturated heterocycles. The van der Waals surface area contributed by atoms with E-state index < -0.39 is 26.0 Å². The van der Waals surface area contributed by atoms with Crippen LogP contribution >= 0.6 is 26.0 Å². The summed E-state index contributed by atoms with van der Waals surface area (Å²) < 4.78 is 22.0. The fourth-order valence-corrected chi connectivity index (χ4v) is 5.79. The molecular formula is C6H13IO3P+. The van der Waals surface area contributed by atoms with Gasteiger partial charge in [0, 0.05) is 6.42 Å². The number of halogens is 1. The van der Waals surface area contributed by atoms with Crippen molar-refractivity contribution in [3.63, 3.8) is 0 Å². The lowest BCUT2D eigenvalue weighted by Gasteiger charge is -2.23. The predicted molar refractivity (Wildman–Crippen MR) is 53.3 cm³/mol. The molecule has 3 nitrogen and oxygen atoms in total. The van der Waals surface area contributed by atoms with Gasteiger partial charge >= 0.3 is 26.0 Å². The van der Waals surface area contributed by atoms with E-state index in [0.717, 1.165) is 19.6 Å². The van der Waals surface area contributed by atoms with Crippen LogP contribution in [0.3, 0.4) is 0 Å². The number of hydrogen-bond acceptors (Lipinski definition) is 3. The van der Waals surface area contributed by atoms with Gasteiger partial charge in [0.15, 0.2) is 0 Å². The second-order valence-corrected chi connectivity index (χ2v) is 10.6. The molecule has 0 bridgehead atoms. The van der Waals surface area contributed by atoms with E-state index in [4.69, 9.17) is 9.05 Å². The summed E-state index contributed by atoms with van der Waals surface area (Å²) in [6, 6.07) is 0. The van der Waals surface area contributed by atoms with Crippen LogP contribution < -0.4 is 0 Å². The molecule has 5 heteroatoms. The fourth-order valence-electron chi connectivity index (χ4n) is 0.892. The summed E-state index contributed by atoms with van der Waals surface area (Å²) in [6.07, 6.45) is 0.943. The standard InChI is InChI=1S/C6H13IO3P/c1-6(2)11(7-8)9-4-3-5-10-11/h6H,3-5H2,1-2H3/q+1. The molecule has 0 aromatic rings. The van der Waals surface area contributed by atoms with Crippen LogP contribution in [0.15, 0.2) is 0 Å². The Kier molecular flexibility index (Phi) is 3.81. The van der Waals surface area contributed by atoms with Crippen LogP contribution in [0.5, 0.6) is 0 Å². The molecule has 0 atom stereocenters. The Morgan fingerprint density at radius 1 is 1.36 bits per heavy atom. The van der Waals surface area contributed by atoms with Crippen LogP contribution in [0, 0.1) is 0 Å².